The van der Waals surface area contributed by atoms with E-state index in [1.54, 1.807) is 4.57 Å². The van der Waals surface area contributed by atoms with Gasteiger partial charge in [-0.15, -0.1) is 0 Å². The second-order valence-electron chi connectivity index (χ2n) is 6.54. The predicted octanol–water partition coefficient (Wildman–Crippen LogP) is 1.27. The number of aromatic nitrogens is 4. The molecule has 1 unspecified atom stereocenters. The van der Waals surface area contributed by atoms with Crippen LogP contribution in [-0.2, 0) is 6.54 Å². The second kappa shape index (κ2) is 7.21. The lowest BCUT2D eigenvalue weighted by Gasteiger charge is -2.22. The highest BCUT2D eigenvalue weighted by molar-refractivity contribution is 5.81. The Morgan fingerprint density at radius 1 is 1.38 bits per heavy atom. The summed E-state index contributed by atoms with van der Waals surface area (Å²) in [5.41, 5.74) is 6.83. The number of hydrogen-bond acceptors (Lipinski definition) is 6. The number of nitrogen functional groups attached to an aromatic ring is 1. The third-order valence-corrected chi connectivity index (χ3v) is 4.53. The zero-order chi connectivity index (χ0) is 17.1. The van der Waals surface area contributed by atoms with Crippen LogP contribution in [-0.4, -0.2) is 38.7 Å². The molecule has 0 bridgehead atoms. The zero-order valence-electron chi connectivity index (χ0n) is 14.3. The van der Waals surface area contributed by atoms with Gasteiger partial charge in [0.1, 0.15) is 5.52 Å². The molecule has 1 saturated heterocycles. The van der Waals surface area contributed by atoms with Crippen molar-refractivity contribution in [2.45, 2.75) is 52.2 Å². The Balaban J connectivity index is 1.91. The van der Waals surface area contributed by atoms with Gasteiger partial charge in [-0.2, -0.15) is 9.97 Å². The second-order valence-corrected chi connectivity index (χ2v) is 6.54. The fraction of sp³-hybridized carbons (Fsp3) is 0.688. The summed E-state index contributed by atoms with van der Waals surface area (Å²) in [6, 6.07) is 0.235. The summed E-state index contributed by atoms with van der Waals surface area (Å²) in [7, 11) is 0. The summed E-state index contributed by atoms with van der Waals surface area (Å²) in [5.74, 6) is 0.711. The lowest BCUT2D eigenvalue weighted by molar-refractivity contribution is 0.193. The van der Waals surface area contributed by atoms with Crippen molar-refractivity contribution < 1.29 is 4.74 Å². The Bertz CT molecular complexity index is 747. The molecule has 0 spiro atoms. The predicted molar refractivity (Wildman–Crippen MR) is 93.2 cm³/mol. The maximum Gasteiger partial charge on any atom is 0.327 e. The molecule has 8 nitrogen and oxygen atoms in total. The first kappa shape index (κ1) is 16.8. The van der Waals surface area contributed by atoms with Gasteiger partial charge in [0.2, 0.25) is 0 Å². The molecular formula is C16H26N6O2. The lowest BCUT2D eigenvalue weighted by Crippen LogP contribution is -2.32. The summed E-state index contributed by atoms with van der Waals surface area (Å²) in [6.45, 7) is 6.69. The highest BCUT2D eigenvalue weighted by atomic mass is 16.5. The number of H-pyrrole nitrogens is 1. The summed E-state index contributed by atoms with van der Waals surface area (Å²) >= 11 is 0. The molecule has 2 aromatic rings. The number of rotatable bonds is 6. The van der Waals surface area contributed by atoms with Gasteiger partial charge < -0.3 is 20.8 Å². The number of aromatic amines is 1. The van der Waals surface area contributed by atoms with Crippen LogP contribution in [0.25, 0.3) is 11.2 Å². The van der Waals surface area contributed by atoms with Crippen LogP contribution >= 0.6 is 0 Å². The van der Waals surface area contributed by atoms with Gasteiger partial charge in [-0.3, -0.25) is 4.57 Å². The molecule has 2 aromatic heterocycles. The number of hydrogen-bond donors (Lipinski definition) is 3. The maximum absolute atomic E-state index is 12.3. The van der Waals surface area contributed by atoms with E-state index in [2.05, 4.69) is 27.2 Å². The van der Waals surface area contributed by atoms with E-state index in [4.69, 9.17) is 10.5 Å². The molecule has 0 aromatic carbocycles. The summed E-state index contributed by atoms with van der Waals surface area (Å²) in [5, 5.41) is 3.34. The number of piperidine rings is 1. The standard InChI is InChI=1S/C16H26N6O2/c1-3-4-10(2)24-15-20-13(17)12-14(21-15)22(16(23)19-12)9-11-5-7-18-8-6-11/h10-11,18H,3-9H2,1-2H3,(H,19,23)(H2,17,20,21). The molecule has 0 saturated carbocycles. The average Bonchev–Trinajstić information content (AvgIpc) is 2.86. The zero-order valence-corrected chi connectivity index (χ0v) is 14.3. The van der Waals surface area contributed by atoms with Crippen molar-refractivity contribution in [1.82, 2.24) is 24.8 Å². The molecule has 0 aliphatic carbocycles. The monoisotopic (exact) mass is 334 g/mol. The van der Waals surface area contributed by atoms with Gasteiger partial charge in [0.25, 0.3) is 0 Å². The molecule has 0 amide bonds. The third-order valence-electron chi connectivity index (χ3n) is 4.53. The smallest absolute Gasteiger partial charge is 0.327 e. The molecule has 3 heterocycles. The van der Waals surface area contributed by atoms with Crippen molar-refractivity contribution in [2.75, 3.05) is 18.8 Å². The summed E-state index contributed by atoms with van der Waals surface area (Å²) in [6.07, 6.45) is 4.04. The number of nitrogens with zero attached hydrogens (tertiary/aromatic N) is 3. The number of nitrogens with two attached hydrogens (primary N) is 1. The Morgan fingerprint density at radius 2 is 2.12 bits per heavy atom. The number of nitrogens with one attached hydrogen (secondary N) is 2. The maximum atomic E-state index is 12.3. The van der Waals surface area contributed by atoms with Gasteiger partial charge in [0.05, 0.1) is 6.10 Å². The molecule has 8 heteroatoms. The number of fused-ring (bicyclic) bond motifs is 1. The minimum atomic E-state index is -0.191. The van der Waals surface area contributed by atoms with E-state index >= 15 is 0 Å². The van der Waals surface area contributed by atoms with E-state index < -0.39 is 0 Å². The van der Waals surface area contributed by atoms with Gasteiger partial charge in [-0.25, -0.2) is 4.79 Å². The van der Waals surface area contributed by atoms with Crippen LogP contribution in [0, 0.1) is 5.92 Å². The van der Waals surface area contributed by atoms with E-state index in [1.807, 2.05) is 6.92 Å². The van der Waals surface area contributed by atoms with Crippen LogP contribution in [0.4, 0.5) is 5.82 Å². The van der Waals surface area contributed by atoms with Crippen LogP contribution in [0.1, 0.15) is 39.5 Å². The van der Waals surface area contributed by atoms with Gasteiger partial charge in [0, 0.05) is 6.54 Å². The normalized spacial score (nSPS) is 17.2. The molecule has 1 aliphatic heterocycles. The van der Waals surface area contributed by atoms with Crippen molar-refractivity contribution in [2.24, 2.45) is 5.92 Å². The summed E-state index contributed by atoms with van der Waals surface area (Å²) < 4.78 is 7.42. The summed E-state index contributed by atoms with van der Waals surface area (Å²) in [4.78, 5) is 23.7. The number of anilines is 1. The van der Waals surface area contributed by atoms with Crippen LogP contribution < -0.4 is 21.5 Å². The van der Waals surface area contributed by atoms with Gasteiger partial charge >= 0.3 is 11.7 Å². The first-order valence-corrected chi connectivity index (χ1v) is 8.72. The molecule has 24 heavy (non-hydrogen) atoms. The third kappa shape index (κ3) is 3.53. The Hall–Kier alpha value is -2.09. The Morgan fingerprint density at radius 3 is 2.83 bits per heavy atom. The fourth-order valence-electron chi connectivity index (χ4n) is 3.22. The number of imidazole rings is 1. The molecule has 132 valence electrons. The van der Waals surface area contributed by atoms with Crippen molar-refractivity contribution >= 4 is 17.0 Å². The number of ether oxygens (including phenoxy) is 1. The highest BCUT2D eigenvalue weighted by Crippen LogP contribution is 2.21. The van der Waals surface area contributed by atoms with Crippen LogP contribution in [0.3, 0.4) is 0 Å². The first-order valence-electron chi connectivity index (χ1n) is 8.72. The van der Waals surface area contributed by atoms with Crippen molar-refractivity contribution in [3.05, 3.63) is 10.5 Å². The van der Waals surface area contributed by atoms with Crippen LogP contribution in [0.15, 0.2) is 4.79 Å². The molecule has 3 rings (SSSR count). The SMILES string of the molecule is CCCC(C)Oc1nc(N)c2[nH]c(=O)n(CC3CCNCC3)c2n1. The van der Waals surface area contributed by atoms with Crippen molar-refractivity contribution in [3.63, 3.8) is 0 Å². The van der Waals surface area contributed by atoms with E-state index in [9.17, 15) is 4.79 Å². The molecule has 1 aliphatic rings. The molecular weight excluding hydrogens is 308 g/mol. The largest absolute Gasteiger partial charge is 0.460 e. The minimum Gasteiger partial charge on any atom is -0.460 e. The minimum absolute atomic E-state index is 0.00961. The van der Waals surface area contributed by atoms with Crippen LogP contribution in [0.5, 0.6) is 6.01 Å². The quantitative estimate of drug-likeness (QED) is 0.733. The first-order chi connectivity index (χ1) is 11.6. The van der Waals surface area contributed by atoms with E-state index in [-0.39, 0.29) is 23.6 Å². The van der Waals surface area contributed by atoms with Crippen LogP contribution in [0.2, 0.25) is 0 Å². The van der Waals surface area contributed by atoms with E-state index in [1.165, 1.54) is 0 Å². The lowest BCUT2D eigenvalue weighted by atomic mass is 9.98. The Labute approximate surface area is 140 Å². The fourth-order valence-corrected chi connectivity index (χ4v) is 3.22. The van der Waals surface area contributed by atoms with Gasteiger partial charge in [-0.05, 0) is 45.2 Å². The van der Waals surface area contributed by atoms with Crippen molar-refractivity contribution in [1.29, 1.82) is 0 Å². The van der Waals surface area contributed by atoms with Gasteiger partial charge in [0.15, 0.2) is 11.5 Å². The average molecular weight is 334 g/mol. The Kier molecular flexibility index (Phi) is 5.03. The van der Waals surface area contributed by atoms with E-state index in [0.29, 0.717) is 23.6 Å². The topological polar surface area (TPSA) is 111 Å². The van der Waals surface area contributed by atoms with Crippen molar-refractivity contribution in [3.8, 4) is 6.01 Å². The highest BCUT2D eigenvalue weighted by Gasteiger charge is 2.20. The molecule has 1 fully saturated rings. The molecule has 4 N–H and O–H groups in total. The van der Waals surface area contributed by atoms with E-state index in [0.717, 1.165) is 38.8 Å². The molecule has 0 radical (unpaired) electrons. The van der Waals surface area contributed by atoms with Gasteiger partial charge in [-0.1, -0.05) is 13.3 Å². The molecule has 1 atom stereocenters.